The van der Waals surface area contributed by atoms with E-state index in [0.29, 0.717) is 0 Å². The first kappa shape index (κ1) is 10.4. The van der Waals surface area contributed by atoms with Gasteiger partial charge in [-0.2, -0.15) is 0 Å². The molecule has 82 valence electrons. The number of nitrogens with zero attached hydrogens (tertiary/aromatic N) is 1. The Bertz CT molecular complexity index is 185. The Morgan fingerprint density at radius 1 is 1.14 bits per heavy atom. The van der Waals surface area contributed by atoms with E-state index in [1.807, 2.05) is 0 Å². The van der Waals surface area contributed by atoms with Gasteiger partial charge in [0.05, 0.1) is 0 Å². The smallest absolute Gasteiger partial charge is 0.0224 e. The van der Waals surface area contributed by atoms with Crippen molar-refractivity contribution < 1.29 is 0 Å². The summed E-state index contributed by atoms with van der Waals surface area (Å²) in [5, 5.41) is 3.60. The number of likely N-dealkylation sites (tertiary alicyclic amines) is 1. The predicted octanol–water partition coefficient (Wildman–Crippen LogP) is 1.86. The highest BCUT2D eigenvalue weighted by atomic mass is 15.2. The van der Waals surface area contributed by atoms with Gasteiger partial charge in [0.2, 0.25) is 0 Å². The van der Waals surface area contributed by atoms with Gasteiger partial charge in [0, 0.05) is 31.2 Å². The summed E-state index contributed by atoms with van der Waals surface area (Å²) in [6.45, 7) is 9.60. The molecule has 2 saturated heterocycles. The Morgan fingerprint density at radius 3 is 2.43 bits per heavy atom. The summed E-state index contributed by atoms with van der Waals surface area (Å²) in [5.41, 5.74) is 0. The molecule has 2 heterocycles. The van der Waals surface area contributed by atoms with Crippen LogP contribution in [0.3, 0.4) is 0 Å². The standard InChI is InChI=1S/C12H24N2/c1-9-6-11(3)14(8-9)12-5-4-10(2)13-7-12/h9-13H,4-8H2,1-3H3. The highest BCUT2D eigenvalue weighted by Gasteiger charge is 2.32. The first-order valence-corrected chi connectivity index (χ1v) is 6.16. The third-order valence-electron chi connectivity index (χ3n) is 3.94. The zero-order valence-corrected chi connectivity index (χ0v) is 9.79. The van der Waals surface area contributed by atoms with E-state index in [2.05, 4.69) is 31.0 Å². The molecule has 0 aromatic carbocycles. The molecular formula is C12H24N2. The largest absolute Gasteiger partial charge is 0.313 e. The van der Waals surface area contributed by atoms with Crippen molar-refractivity contribution in [2.24, 2.45) is 5.92 Å². The van der Waals surface area contributed by atoms with Gasteiger partial charge in [-0.3, -0.25) is 4.90 Å². The molecule has 0 aliphatic carbocycles. The Balaban J connectivity index is 1.89. The molecule has 1 N–H and O–H groups in total. The van der Waals surface area contributed by atoms with Crippen molar-refractivity contribution in [3.05, 3.63) is 0 Å². The fourth-order valence-corrected chi connectivity index (χ4v) is 3.11. The van der Waals surface area contributed by atoms with Crippen molar-refractivity contribution in [1.29, 1.82) is 0 Å². The first-order chi connectivity index (χ1) is 6.66. The van der Waals surface area contributed by atoms with Crippen LogP contribution in [0.2, 0.25) is 0 Å². The second kappa shape index (κ2) is 4.19. The van der Waals surface area contributed by atoms with E-state index in [1.165, 1.54) is 32.4 Å². The molecule has 4 unspecified atom stereocenters. The fraction of sp³-hybridized carbons (Fsp3) is 1.00. The van der Waals surface area contributed by atoms with Gasteiger partial charge in [-0.25, -0.2) is 0 Å². The lowest BCUT2D eigenvalue weighted by Crippen LogP contribution is -2.50. The maximum atomic E-state index is 3.60. The molecule has 0 amide bonds. The summed E-state index contributed by atoms with van der Waals surface area (Å²) >= 11 is 0. The van der Waals surface area contributed by atoms with E-state index in [1.54, 1.807) is 0 Å². The van der Waals surface area contributed by atoms with Crippen LogP contribution in [0, 0.1) is 5.92 Å². The minimum atomic E-state index is 0.738. The molecule has 0 spiro atoms. The Hall–Kier alpha value is -0.0800. The van der Waals surface area contributed by atoms with Gasteiger partial charge in [0.25, 0.3) is 0 Å². The number of hydrogen-bond acceptors (Lipinski definition) is 2. The normalized spacial score (nSPS) is 45.6. The van der Waals surface area contributed by atoms with Crippen LogP contribution in [0.1, 0.15) is 40.0 Å². The molecule has 2 nitrogen and oxygen atoms in total. The zero-order chi connectivity index (χ0) is 10.1. The summed E-state index contributed by atoms with van der Waals surface area (Å²) in [5.74, 6) is 0.907. The van der Waals surface area contributed by atoms with Gasteiger partial charge in [0.15, 0.2) is 0 Å². The molecule has 14 heavy (non-hydrogen) atoms. The van der Waals surface area contributed by atoms with Gasteiger partial charge in [-0.15, -0.1) is 0 Å². The van der Waals surface area contributed by atoms with E-state index < -0.39 is 0 Å². The zero-order valence-electron chi connectivity index (χ0n) is 9.79. The molecule has 0 saturated carbocycles. The lowest BCUT2D eigenvalue weighted by molar-refractivity contribution is 0.146. The second-order valence-corrected chi connectivity index (χ2v) is 5.43. The van der Waals surface area contributed by atoms with E-state index in [0.717, 1.165) is 24.0 Å². The van der Waals surface area contributed by atoms with Crippen LogP contribution in [0.4, 0.5) is 0 Å². The van der Waals surface area contributed by atoms with Crippen molar-refractivity contribution in [3.8, 4) is 0 Å². The molecule has 2 fully saturated rings. The third kappa shape index (κ3) is 2.12. The molecule has 2 aliphatic heterocycles. The predicted molar refractivity (Wildman–Crippen MR) is 60.4 cm³/mol. The summed E-state index contributed by atoms with van der Waals surface area (Å²) in [7, 11) is 0. The minimum Gasteiger partial charge on any atom is -0.313 e. The van der Waals surface area contributed by atoms with Crippen molar-refractivity contribution in [2.75, 3.05) is 13.1 Å². The van der Waals surface area contributed by atoms with Crippen molar-refractivity contribution in [3.63, 3.8) is 0 Å². The van der Waals surface area contributed by atoms with Gasteiger partial charge in [-0.05, 0) is 39.0 Å². The third-order valence-corrected chi connectivity index (χ3v) is 3.94. The average Bonchev–Trinajstić information content (AvgIpc) is 2.47. The molecule has 2 rings (SSSR count). The molecule has 0 aromatic rings. The van der Waals surface area contributed by atoms with Crippen LogP contribution in [0.15, 0.2) is 0 Å². The van der Waals surface area contributed by atoms with E-state index in [9.17, 15) is 0 Å². The summed E-state index contributed by atoms with van der Waals surface area (Å²) in [6, 6.07) is 2.36. The van der Waals surface area contributed by atoms with Crippen molar-refractivity contribution in [2.45, 2.75) is 58.2 Å². The van der Waals surface area contributed by atoms with Gasteiger partial charge >= 0.3 is 0 Å². The van der Waals surface area contributed by atoms with Crippen LogP contribution >= 0.6 is 0 Å². The summed E-state index contributed by atoms with van der Waals surface area (Å²) < 4.78 is 0. The summed E-state index contributed by atoms with van der Waals surface area (Å²) in [4.78, 5) is 2.73. The highest BCUT2D eigenvalue weighted by Crippen LogP contribution is 2.27. The van der Waals surface area contributed by atoms with Crippen molar-refractivity contribution >= 4 is 0 Å². The first-order valence-electron chi connectivity index (χ1n) is 6.16. The van der Waals surface area contributed by atoms with Gasteiger partial charge in [-0.1, -0.05) is 6.92 Å². The van der Waals surface area contributed by atoms with Crippen LogP contribution in [-0.4, -0.2) is 36.1 Å². The van der Waals surface area contributed by atoms with Gasteiger partial charge in [0.1, 0.15) is 0 Å². The summed E-state index contributed by atoms with van der Waals surface area (Å²) in [6.07, 6.45) is 4.14. The number of rotatable bonds is 1. The fourth-order valence-electron chi connectivity index (χ4n) is 3.11. The number of hydrogen-bond donors (Lipinski definition) is 1. The monoisotopic (exact) mass is 196 g/mol. The molecule has 0 radical (unpaired) electrons. The van der Waals surface area contributed by atoms with E-state index >= 15 is 0 Å². The number of piperidine rings is 1. The molecular weight excluding hydrogens is 172 g/mol. The van der Waals surface area contributed by atoms with E-state index in [4.69, 9.17) is 0 Å². The lowest BCUT2D eigenvalue weighted by Gasteiger charge is -2.36. The van der Waals surface area contributed by atoms with Crippen molar-refractivity contribution in [1.82, 2.24) is 10.2 Å². The molecule has 2 heteroatoms. The SMILES string of the molecule is CC1CC(C)N(C2CCC(C)NC2)C1. The quantitative estimate of drug-likeness (QED) is 0.688. The molecule has 2 aliphatic rings. The van der Waals surface area contributed by atoms with E-state index in [-0.39, 0.29) is 0 Å². The maximum Gasteiger partial charge on any atom is 0.0224 e. The van der Waals surface area contributed by atoms with Crippen LogP contribution in [0.25, 0.3) is 0 Å². The maximum absolute atomic E-state index is 3.60. The number of nitrogens with one attached hydrogen (secondary N) is 1. The molecule has 0 aromatic heterocycles. The second-order valence-electron chi connectivity index (χ2n) is 5.43. The Kier molecular flexibility index (Phi) is 3.13. The van der Waals surface area contributed by atoms with Crippen LogP contribution in [0.5, 0.6) is 0 Å². The topological polar surface area (TPSA) is 15.3 Å². The Labute approximate surface area is 88.1 Å². The van der Waals surface area contributed by atoms with Gasteiger partial charge < -0.3 is 5.32 Å². The van der Waals surface area contributed by atoms with Crippen LogP contribution < -0.4 is 5.32 Å². The highest BCUT2D eigenvalue weighted by molar-refractivity contribution is 4.89. The Morgan fingerprint density at radius 2 is 1.93 bits per heavy atom. The minimum absolute atomic E-state index is 0.738. The average molecular weight is 196 g/mol. The molecule has 4 atom stereocenters. The van der Waals surface area contributed by atoms with Crippen LogP contribution in [-0.2, 0) is 0 Å². The molecule has 0 bridgehead atoms. The lowest BCUT2D eigenvalue weighted by atomic mass is 10.0.